The summed E-state index contributed by atoms with van der Waals surface area (Å²) in [5, 5.41) is 5.66. The summed E-state index contributed by atoms with van der Waals surface area (Å²) in [6.07, 6.45) is 2.05. The van der Waals surface area contributed by atoms with E-state index in [1.54, 1.807) is 6.07 Å². The summed E-state index contributed by atoms with van der Waals surface area (Å²) < 4.78 is 0. The van der Waals surface area contributed by atoms with Crippen molar-refractivity contribution >= 4 is 23.2 Å². The van der Waals surface area contributed by atoms with Crippen molar-refractivity contribution in [2.75, 3.05) is 10.6 Å². The first-order valence-corrected chi connectivity index (χ1v) is 7.00. The van der Waals surface area contributed by atoms with Crippen LogP contribution in [0.25, 0.3) is 0 Å². The predicted molar refractivity (Wildman–Crippen MR) is 79.5 cm³/mol. The number of hydrogen-bond acceptors (Lipinski definition) is 3. The van der Waals surface area contributed by atoms with Gasteiger partial charge < -0.3 is 16.4 Å². The SMILES string of the molecule is CCC(C)C(N)C(=O)Nc1ccc2c(c1)CCC(=O)N2. The van der Waals surface area contributed by atoms with Gasteiger partial charge in [-0.15, -0.1) is 0 Å². The molecule has 2 unspecified atom stereocenters. The summed E-state index contributed by atoms with van der Waals surface area (Å²) >= 11 is 0. The average molecular weight is 275 g/mol. The van der Waals surface area contributed by atoms with Gasteiger partial charge in [0.15, 0.2) is 0 Å². The van der Waals surface area contributed by atoms with E-state index in [-0.39, 0.29) is 17.7 Å². The number of amides is 2. The zero-order valence-corrected chi connectivity index (χ0v) is 11.9. The molecule has 0 fully saturated rings. The summed E-state index contributed by atoms with van der Waals surface area (Å²) in [4.78, 5) is 23.3. The molecule has 1 aliphatic rings. The van der Waals surface area contributed by atoms with E-state index >= 15 is 0 Å². The third-order valence-electron chi connectivity index (χ3n) is 3.83. The molecule has 1 aliphatic heterocycles. The molecule has 0 saturated heterocycles. The van der Waals surface area contributed by atoms with Crippen LogP contribution in [0.4, 0.5) is 11.4 Å². The van der Waals surface area contributed by atoms with Crippen molar-refractivity contribution in [2.45, 2.75) is 39.2 Å². The lowest BCUT2D eigenvalue weighted by Crippen LogP contribution is -2.40. The third-order valence-corrected chi connectivity index (χ3v) is 3.83. The van der Waals surface area contributed by atoms with Crippen molar-refractivity contribution in [3.05, 3.63) is 23.8 Å². The van der Waals surface area contributed by atoms with Crippen LogP contribution in [-0.2, 0) is 16.0 Å². The molecule has 2 amide bonds. The molecule has 5 nitrogen and oxygen atoms in total. The molecule has 0 bridgehead atoms. The summed E-state index contributed by atoms with van der Waals surface area (Å²) in [5.41, 5.74) is 8.50. The van der Waals surface area contributed by atoms with Gasteiger partial charge in [0.25, 0.3) is 0 Å². The van der Waals surface area contributed by atoms with E-state index in [1.165, 1.54) is 0 Å². The van der Waals surface area contributed by atoms with Crippen LogP contribution in [0, 0.1) is 5.92 Å². The fourth-order valence-electron chi connectivity index (χ4n) is 2.20. The second-order valence-electron chi connectivity index (χ2n) is 5.32. The molecule has 2 atom stereocenters. The van der Waals surface area contributed by atoms with Gasteiger partial charge in [-0.05, 0) is 36.1 Å². The van der Waals surface area contributed by atoms with Gasteiger partial charge in [-0.25, -0.2) is 0 Å². The molecule has 1 heterocycles. The topological polar surface area (TPSA) is 84.2 Å². The van der Waals surface area contributed by atoms with Gasteiger partial charge in [0, 0.05) is 17.8 Å². The lowest BCUT2D eigenvalue weighted by Gasteiger charge is -2.20. The van der Waals surface area contributed by atoms with Gasteiger partial charge in [0.05, 0.1) is 6.04 Å². The number of rotatable bonds is 4. The Morgan fingerprint density at radius 2 is 2.20 bits per heavy atom. The summed E-state index contributed by atoms with van der Waals surface area (Å²) in [7, 11) is 0. The van der Waals surface area contributed by atoms with Gasteiger partial charge in [-0.2, -0.15) is 0 Å². The second kappa shape index (κ2) is 6.05. The first-order valence-electron chi connectivity index (χ1n) is 7.00. The minimum absolute atomic E-state index is 0.0353. The Bertz CT molecular complexity index is 528. The maximum Gasteiger partial charge on any atom is 0.241 e. The molecule has 20 heavy (non-hydrogen) atoms. The molecule has 0 aliphatic carbocycles. The molecule has 2 rings (SSSR count). The minimum Gasteiger partial charge on any atom is -0.326 e. The zero-order chi connectivity index (χ0) is 14.7. The number of anilines is 2. The monoisotopic (exact) mass is 275 g/mol. The van der Waals surface area contributed by atoms with Gasteiger partial charge in [0.2, 0.25) is 11.8 Å². The Kier molecular flexibility index (Phi) is 4.39. The van der Waals surface area contributed by atoms with E-state index in [0.29, 0.717) is 12.8 Å². The van der Waals surface area contributed by atoms with Gasteiger partial charge >= 0.3 is 0 Å². The number of aryl methyl sites for hydroxylation is 1. The molecular formula is C15H21N3O2. The standard InChI is InChI=1S/C15H21N3O2/c1-3-9(2)14(16)15(20)17-11-5-6-12-10(8-11)4-7-13(19)18-12/h5-6,8-9,14H,3-4,7,16H2,1-2H3,(H,17,20)(H,18,19). The number of nitrogens with two attached hydrogens (primary N) is 1. The van der Waals surface area contributed by atoms with Crippen molar-refractivity contribution in [1.82, 2.24) is 0 Å². The number of carbonyl (C=O) groups excluding carboxylic acids is 2. The highest BCUT2D eigenvalue weighted by Crippen LogP contribution is 2.25. The first kappa shape index (κ1) is 14.5. The molecule has 4 N–H and O–H groups in total. The van der Waals surface area contributed by atoms with E-state index in [0.717, 1.165) is 23.4 Å². The Labute approximate surface area is 118 Å². The van der Waals surface area contributed by atoms with E-state index in [9.17, 15) is 9.59 Å². The maximum atomic E-state index is 12.0. The van der Waals surface area contributed by atoms with E-state index in [2.05, 4.69) is 10.6 Å². The van der Waals surface area contributed by atoms with Crippen molar-refractivity contribution in [3.63, 3.8) is 0 Å². The number of fused-ring (bicyclic) bond motifs is 1. The van der Waals surface area contributed by atoms with Crippen LogP contribution in [0.15, 0.2) is 18.2 Å². The predicted octanol–water partition coefficient (Wildman–Crippen LogP) is 1.88. The largest absolute Gasteiger partial charge is 0.326 e. The van der Waals surface area contributed by atoms with Crippen molar-refractivity contribution < 1.29 is 9.59 Å². The van der Waals surface area contributed by atoms with E-state index in [4.69, 9.17) is 5.73 Å². The molecule has 0 saturated carbocycles. The summed E-state index contributed by atoms with van der Waals surface area (Å²) in [6, 6.07) is 4.99. The quantitative estimate of drug-likeness (QED) is 0.784. The maximum absolute atomic E-state index is 12.0. The fraction of sp³-hybridized carbons (Fsp3) is 0.467. The van der Waals surface area contributed by atoms with Crippen LogP contribution in [0.2, 0.25) is 0 Å². The molecule has 1 aromatic rings. The van der Waals surface area contributed by atoms with Gasteiger partial charge in [0.1, 0.15) is 0 Å². The number of hydrogen-bond donors (Lipinski definition) is 3. The Balaban J connectivity index is 2.07. The van der Waals surface area contributed by atoms with Crippen LogP contribution in [0.3, 0.4) is 0 Å². The smallest absolute Gasteiger partial charge is 0.241 e. The number of benzene rings is 1. The molecule has 0 radical (unpaired) electrons. The highest BCUT2D eigenvalue weighted by molar-refractivity contribution is 5.97. The lowest BCUT2D eigenvalue weighted by atomic mass is 9.99. The van der Waals surface area contributed by atoms with Crippen molar-refractivity contribution in [1.29, 1.82) is 0 Å². The Morgan fingerprint density at radius 3 is 2.90 bits per heavy atom. The fourth-order valence-corrected chi connectivity index (χ4v) is 2.20. The van der Waals surface area contributed by atoms with Crippen molar-refractivity contribution in [3.8, 4) is 0 Å². The summed E-state index contributed by atoms with van der Waals surface area (Å²) in [5.74, 6) is 0.0131. The third kappa shape index (κ3) is 3.17. The molecule has 5 heteroatoms. The molecule has 1 aromatic carbocycles. The summed E-state index contributed by atoms with van der Waals surface area (Å²) in [6.45, 7) is 3.98. The average Bonchev–Trinajstić information content (AvgIpc) is 2.45. The molecule has 0 aromatic heterocycles. The number of carbonyl (C=O) groups is 2. The van der Waals surface area contributed by atoms with E-state index < -0.39 is 6.04 Å². The van der Waals surface area contributed by atoms with Gasteiger partial charge in [-0.3, -0.25) is 9.59 Å². The molecule has 0 spiro atoms. The minimum atomic E-state index is -0.504. The van der Waals surface area contributed by atoms with Crippen LogP contribution in [-0.4, -0.2) is 17.9 Å². The Morgan fingerprint density at radius 1 is 1.45 bits per heavy atom. The van der Waals surface area contributed by atoms with Crippen LogP contribution >= 0.6 is 0 Å². The zero-order valence-electron chi connectivity index (χ0n) is 11.9. The first-order chi connectivity index (χ1) is 9.51. The van der Waals surface area contributed by atoms with E-state index in [1.807, 2.05) is 26.0 Å². The number of nitrogens with one attached hydrogen (secondary N) is 2. The van der Waals surface area contributed by atoms with Crippen LogP contribution in [0.1, 0.15) is 32.3 Å². The van der Waals surface area contributed by atoms with Crippen LogP contribution < -0.4 is 16.4 Å². The van der Waals surface area contributed by atoms with Crippen LogP contribution in [0.5, 0.6) is 0 Å². The molecule has 108 valence electrons. The highest BCUT2D eigenvalue weighted by atomic mass is 16.2. The normalized spacial score (nSPS) is 16.9. The highest BCUT2D eigenvalue weighted by Gasteiger charge is 2.20. The second-order valence-corrected chi connectivity index (χ2v) is 5.32. The Hall–Kier alpha value is -1.88. The molecular weight excluding hydrogens is 254 g/mol. The van der Waals surface area contributed by atoms with Crippen molar-refractivity contribution in [2.24, 2.45) is 11.7 Å². The lowest BCUT2D eigenvalue weighted by molar-refractivity contribution is -0.118. The van der Waals surface area contributed by atoms with Gasteiger partial charge in [-0.1, -0.05) is 20.3 Å².